The maximum Gasteiger partial charge on any atom is 0.0359 e. The first-order chi connectivity index (χ1) is 7.54. The van der Waals surface area contributed by atoms with E-state index in [0.29, 0.717) is 18.0 Å². The van der Waals surface area contributed by atoms with Gasteiger partial charge in [-0.05, 0) is 12.3 Å². The summed E-state index contributed by atoms with van der Waals surface area (Å²) < 4.78 is 11.2. The summed E-state index contributed by atoms with van der Waals surface area (Å²) in [6.07, 6.45) is 2.97. The normalized spacial score (nSPS) is 29.6. The van der Waals surface area contributed by atoms with Gasteiger partial charge in [-0.3, -0.25) is 9.11 Å². The van der Waals surface area contributed by atoms with Gasteiger partial charge in [0.05, 0.1) is 0 Å². The van der Waals surface area contributed by atoms with Gasteiger partial charge in [-0.1, -0.05) is 20.8 Å². The predicted molar refractivity (Wildman–Crippen MR) is 71.2 cm³/mol. The third-order valence-corrected chi connectivity index (χ3v) is 4.23. The molecule has 4 heteroatoms. The molecule has 3 nitrogen and oxygen atoms in total. The van der Waals surface area contributed by atoms with Crippen molar-refractivity contribution in [1.29, 1.82) is 0 Å². The minimum atomic E-state index is -0.671. The van der Waals surface area contributed by atoms with E-state index in [9.17, 15) is 4.21 Å². The van der Waals surface area contributed by atoms with Crippen molar-refractivity contribution in [3.05, 3.63) is 0 Å². The zero-order chi connectivity index (χ0) is 12.1. The molecule has 1 aliphatic heterocycles. The molecule has 0 aromatic carbocycles. The van der Waals surface area contributed by atoms with E-state index in [-0.39, 0.29) is 0 Å². The van der Waals surface area contributed by atoms with E-state index >= 15 is 0 Å². The Labute approximate surface area is 102 Å². The molecular formula is C12H26N2OS. The fraction of sp³-hybridized carbons (Fsp3) is 1.00. The highest BCUT2D eigenvalue weighted by atomic mass is 32.2. The van der Waals surface area contributed by atoms with Crippen molar-refractivity contribution in [2.75, 3.05) is 31.6 Å². The summed E-state index contributed by atoms with van der Waals surface area (Å²) in [7, 11) is -0.671. The second kappa shape index (κ2) is 6.72. The lowest BCUT2D eigenvalue weighted by molar-refractivity contribution is 0.104. The molecular weight excluding hydrogens is 220 g/mol. The SMILES string of the molecule is CCC1CN(CCS(C)=O)C(C(C)C)CN1. The Bertz CT molecular complexity index is 233. The molecule has 0 radical (unpaired) electrons. The maximum absolute atomic E-state index is 11.2. The molecule has 1 rings (SSSR count). The molecule has 0 aliphatic carbocycles. The van der Waals surface area contributed by atoms with Crippen LogP contribution in [0.3, 0.4) is 0 Å². The number of hydrogen-bond donors (Lipinski definition) is 1. The van der Waals surface area contributed by atoms with Crippen LogP contribution in [0.15, 0.2) is 0 Å². The van der Waals surface area contributed by atoms with Crippen LogP contribution in [0, 0.1) is 5.92 Å². The van der Waals surface area contributed by atoms with E-state index in [1.165, 1.54) is 6.42 Å². The van der Waals surface area contributed by atoms with Crippen molar-refractivity contribution in [3.8, 4) is 0 Å². The molecule has 16 heavy (non-hydrogen) atoms. The monoisotopic (exact) mass is 246 g/mol. The molecule has 0 aromatic heterocycles. The summed E-state index contributed by atoms with van der Waals surface area (Å²) in [5.41, 5.74) is 0. The van der Waals surface area contributed by atoms with Gasteiger partial charge in [-0.15, -0.1) is 0 Å². The molecule has 0 saturated carbocycles. The molecule has 96 valence electrons. The first-order valence-electron chi connectivity index (χ1n) is 6.32. The largest absolute Gasteiger partial charge is 0.311 e. The van der Waals surface area contributed by atoms with Gasteiger partial charge in [-0.25, -0.2) is 0 Å². The van der Waals surface area contributed by atoms with Gasteiger partial charge >= 0.3 is 0 Å². The van der Waals surface area contributed by atoms with Crippen molar-refractivity contribution < 1.29 is 4.21 Å². The average Bonchev–Trinajstić information content (AvgIpc) is 2.25. The molecule has 1 fully saturated rings. The van der Waals surface area contributed by atoms with Crippen LogP contribution >= 0.6 is 0 Å². The highest BCUT2D eigenvalue weighted by molar-refractivity contribution is 7.84. The average molecular weight is 246 g/mol. The topological polar surface area (TPSA) is 32.3 Å². The zero-order valence-corrected chi connectivity index (χ0v) is 11.8. The Morgan fingerprint density at radius 2 is 2.19 bits per heavy atom. The van der Waals surface area contributed by atoms with Crippen molar-refractivity contribution in [2.45, 2.75) is 39.3 Å². The Hall–Kier alpha value is 0.0700. The van der Waals surface area contributed by atoms with E-state index in [1.54, 1.807) is 6.26 Å². The van der Waals surface area contributed by atoms with Crippen molar-refractivity contribution in [1.82, 2.24) is 10.2 Å². The Morgan fingerprint density at radius 1 is 1.50 bits per heavy atom. The highest BCUT2D eigenvalue weighted by Crippen LogP contribution is 2.15. The lowest BCUT2D eigenvalue weighted by Crippen LogP contribution is -2.58. The molecule has 1 heterocycles. The summed E-state index contributed by atoms with van der Waals surface area (Å²) in [5.74, 6) is 1.47. The van der Waals surface area contributed by atoms with Crippen molar-refractivity contribution >= 4 is 10.8 Å². The molecule has 3 atom stereocenters. The van der Waals surface area contributed by atoms with Gasteiger partial charge in [-0.2, -0.15) is 0 Å². The van der Waals surface area contributed by atoms with E-state index in [0.717, 1.165) is 25.4 Å². The van der Waals surface area contributed by atoms with Crippen molar-refractivity contribution in [2.24, 2.45) is 5.92 Å². The first-order valence-corrected chi connectivity index (χ1v) is 8.04. The molecule has 1 aliphatic rings. The Balaban J connectivity index is 2.53. The lowest BCUT2D eigenvalue weighted by Gasteiger charge is -2.42. The minimum Gasteiger partial charge on any atom is -0.311 e. The smallest absolute Gasteiger partial charge is 0.0359 e. The standard InChI is InChI=1S/C12H26N2OS/c1-5-11-9-14(6-7-16(4)15)12(8-13-11)10(2)3/h10-13H,5-9H2,1-4H3. The van der Waals surface area contributed by atoms with Crippen LogP contribution in [0.1, 0.15) is 27.2 Å². The summed E-state index contributed by atoms with van der Waals surface area (Å²) >= 11 is 0. The van der Waals surface area contributed by atoms with Crippen LogP contribution in [0.4, 0.5) is 0 Å². The van der Waals surface area contributed by atoms with E-state index in [1.807, 2.05) is 0 Å². The molecule has 1 saturated heterocycles. The van der Waals surface area contributed by atoms with Crippen LogP contribution in [-0.2, 0) is 10.8 Å². The Morgan fingerprint density at radius 3 is 2.69 bits per heavy atom. The van der Waals surface area contributed by atoms with E-state index in [4.69, 9.17) is 0 Å². The van der Waals surface area contributed by atoms with Crippen LogP contribution in [0.5, 0.6) is 0 Å². The third kappa shape index (κ3) is 4.15. The third-order valence-electron chi connectivity index (χ3n) is 3.47. The van der Waals surface area contributed by atoms with Gasteiger partial charge < -0.3 is 5.32 Å². The fourth-order valence-corrected chi connectivity index (χ4v) is 2.82. The quantitative estimate of drug-likeness (QED) is 0.788. The van der Waals surface area contributed by atoms with Crippen LogP contribution in [-0.4, -0.2) is 52.8 Å². The number of nitrogens with one attached hydrogen (secondary N) is 1. The molecule has 1 N–H and O–H groups in total. The van der Waals surface area contributed by atoms with Crippen LogP contribution in [0.2, 0.25) is 0 Å². The maximum atomic E-state index is 11.2. The summed E-state index contributed by atoms with van der Waals surface area (Å²) in [4.78, 5) is 2.52. The Kier molecular flexibility index (Phi) is 5.94. The van der Waals surface area contributed by atoms with Gasteiger partial charge in [0, 0.05) is 54.5 Å². The summed E-state index contributed by atoms with van der Waals surface area (Å²) in [5, 5.41) is 3.60. The number of hydrogen-bond acceptors (Lipinski definition) is 3. The highest BCUT2D eigenvalue weighted by Gasteiger charge is 2.28. The van der Waals surface area contributed by atoms with Gasteiger partial charge in [0.25, 0.3) is 0 Å². The minimum absolute atomic E-state index is 0.603. The van der Waals surface area contributed by atoms with E-state index < -0.39 is 10.8 Å². The van der Waals surface area contributed by atoms with E-state index in [2.05, 4.69) is 31.0 Å². The first kappa shape index (κ1) is 14.1. The lowest BCUT2D eigenvalue weighted by atomic mass is 9.98. The zero-order valence-electron chi connectivity index (χ0n) is 11.0. The molecule has 0 spiro atoms. The number of rotatable bonds is 5. The molecule has 0 amide bonds. The van der Waals surface area contributed by atoms with Gasteiger partial charge in [0.1, 0.15) is 0 Å². The summed E-state index contributed by atoms with van der Waals surface area (Å²) in [6.45, 7) is 9.93. The second-order valence-corrected chi connectivity index (χ2v) is 6.65. The van der Waals surface area contributed by atoms with Gasteiger partial charge in [0.2, 0.25) is 0 Å². The van der Waals surface area contributed by atoms with Crippen molar-refractivity contribution in [3.63, 3.8) is 0 Å². The summed E-state index contributed by atoms with van der Waals surface area (Å²) in [6, 6.07) is 1.21. The molecule has 3 unspecified atom stereocenters. The molecule has 0 bridgehead atoms. The number of nitrogens with zero attached hydrogens (tertiary/aromatic N) is 1. The molecule has 0 aromatic rings. The van der Waals surface area contributed by atoms with Crippen LogP contribution < -0.4 is 5.32 Å². The fourth-order valence-electron chi connectivity index (χ4n) is 2.33. The number of piperazine rings is 1. The second-order valence-electron chi connectivity index (χ2n) is 5.10. The predicted octanol–water partition coefficient (Wildman–Crippen LogP) is 1.07. The van der Waals surface area contributed by atoms with Gasteiger partial charge in [0.15, 0.2) is 0 Å². The van der Waals surface area contributed by atoms with Crippen LogP contribution in [0.25, 0.3) is 0 Å².